The van der Waals surface area contributed by atoms with Crippen LogP contribution in [0.15, 0.2) is 24.3 Å². The Morgan fingerprint density at radius 1 is 1.29 bits per heavy atom. The molecule has 1 aromatic carbocycles. The zero-order valence-corrected chi connectivity index (χ0v) is 10.8. The fourth-order valence-corrected chi connectivity index (χ4v) is 1.91. The van der Waals surface area contributed by atoms with E-state index in [0.29, 0.717) is 0 Å². The van der Waals surface area contributed by atoms with Gasteiger partial charge in [-0.2, -0.15) is 0 Å². The topological polar surface area (TPSA) is 40.5 Å². The fourth-order valence-electron chi connectivity index (χ4n) is 1.91. The summed E-state index contributed by atoms with van der Waals surface area (Å²) in [7, 11) is 3.56. The lowest BCUT2D eigenvalue weighted by Crippen LogP contribution is -2.27. The maximum atomic E-state index is 11.2. The number of unbranched alkanes of at least 4 members (excludes halogenated alkanes) is 1. The van der Waals surface area contributed by atoms with E-state index in [1.54, 1.807) is 19.0 Å². The monoisotopic (exact) mass is 235 g/mol. The molecule has 0 amide bonds. The Morgan fingerprint density at radius 3 is 2.29 bits per heavy atom. The summed E-state index contributed by atoms with van der Waals surface area (Å²) >= 11 is 0. The lowest BCUT2D eigenvalue weighted by Gasteiger charge is -2.20. The first-order chi connectivity index (χ1) is 8.06. The summed E-state index contributed by atoms with van der Waals surface area (Å²) < 4.78 is 0. The molecule has 0 fully saturated rings. The average Bonchev–Trinajstić information content (AvgIpc) is 2.27. The van der Waals surface area contributed by atoms with Crippen molar-refractivity contribution in [1.82, 2.24) is 4.90 Å². The molecule has 0 aliphatic carbocycles. The summed E-state index contributed by atoms with van der Waals surface area (Å²) in [6.07, 6.45) is 3.42. The number of nitrogens with zero attached hydrogens (tertiary/aromatic N) is 1. The van der Waals surface area contributed by atoms with Crippen molar-refractivity contribution in [2.45, 2.75) is 32.2 Å². The lowest BCUT2D eigenvalue weighted by molar-refractivity contribution is -0.142. The number of benzene rings is 1. The molecular weight excluding hydrogens is 214 g/mol. The van der Waals surface area contributed by atoms with E-state index >= 15 is 0 Å². The van der Waals surface area contributed by atoms with Crippen molar-refractivity contribution in [1.29, 1.82) is 0 Å². The highest BCUT2D eigenvalue weighted by Gasteiger charge is 2.21. The molecule has 3 nitrogen and oxygen atoms in total. The molecule has 0 radical (unpaired) electrons. The van der Waals surface area contributed by atoms with Crippen LogP contribution in [0.4, 0.5) is 0 Å². The molecule has 0 saturated carbocycles. The van der Waals surface area contributed by atoms with Crippen molar-refractivity contribution in [3.63, 3.8) is 0 Å². The van der Waals surface area contributed by atoms with E-state index < -0.39 is 12.0 Å². The number of hydrogen-bond acceptors (Lipinski definition) is 2. The van der Waals surface area contributed by atoms with Gasteiger partial charge in [-0.15, -0.1) is 0 Å². The minimum Gasteiger partial charge on any atom is -0.480 e. The molecule has 0 spiro atoms. The van der Waals surface area contributed by atoms with E-state index in [4.69, 9.17) is 5.11 Å². The van der Waals surface area contributed by atoms with Crippen LogP contribution in [0.1, 0.15) is 36.9 Å². The van der Waals surface area contributed by atoms with Crippen molar-refractivity contribution in [3.05, 3.63) is 35.4 Å². The Hall–Kier alpha value is -1.35. The van der Waals surface area contributed by atoms with Crippen LogP contribution in [-0.4, -0.2) is 30.1 Å². The van der Waals surface area contributed by atoms with Crippen molar-refractivity contribution in [2.24, 2.45) is 0 Å². The van der Waals surface area contributed by atoms with Gasteiger partial charge in [0.2, 0.25) is 0 Å². The molecule has 0 heterocycles. The van der Waals surface area contributed by atoms with Gasteiger partial charge in [-0.25, -0.2) is 0 Å². The summed E-state index contributed by atoms with van der Waals surface area (Å²) in [5, 5.41) is 9.17. The van der Waals surface area contributed by atoms with Crippen molar-refractivity contribution < 1.29 is 9.90 Å². The van der Waals surface area contributed by atoms with Crippen molar-refractivity contribution >= 4 is 5.97 Å². The summed E-state index contributed by atoms with van der Waals surface area (Å²) in [5.41, 5.74) is 2.11. The van der Waals surface area contributed by atoms with Gasteiger partial charge >= 0.3 is 5.97 Å². The average molecular weight is 235 g/mol. The third-order valence-corrected chi connectivity index (χ3v) is 2.86. The predicted molar refractivity (Wildman–Crippen MR) is 69.1 cm³/mol. The first kappa shape index (κ1) is 13.7. The van der Waals surface area contributed by atoms with Gasteiger partial charge in [0.05, 0.1) is 0 Å². The van der Waals surface area contributed by atoms with Gasteiger partial charge in [0, 0.05) is 0 Å². The number of aryl methyl sites for hydroxylation is 1. The number of hydrogen-bond donors (Lipinski definition) is 1. The molecule has 3 heteroatoms. The van der Waals surface area contributed by atoms with Gasteiger partial charge in [0.15, 0.2) is 0 Å². The molecule has 1 N–H and O–H groups in total. The van der Waals surface area contributed by atoms with Crippen LogP contribution in [0, 0.1) is 0 Å². The molecule has 0 aromatic heterocycles. The normalized spacial score (nSPS) is 12.7. The van der Waals surface area contributed by atoms with Crippen LogP contribution >= 0.6 is 0 Å². The molecule has 0 aliphatic rings. The third kappa shape index (κ3) is 3.86. The second-order valence-corrected chi connectivity index (χ2v) is 4.55. The van der Waals surface area contributed by atoms with E-state index in [9.17, 15) is 4.79 Å². The molecule has 0 bridgehead atoms. The van der Waals surface area contributed by atoms with Gasteiger partial charge in [0.25, 0.3) is 0 Å². The van der Waals surface area contributed by atoms with E-state index in [-0.39, 0.29) is 0 Å². The number of carbonyl (C=O) groups is 1. The first-order valence-electron chi connectivity index (χ1n) is 6.04. The van der Waals surface area contributed by atoms with Gasteiger partial charge in [0.1, 0.15) is 6.04 Å². The maximum absolute atomic E-state index is 11.2. The molecule has 1 rings (SSSR count). The van der Waals surface area contributed by atoms with Crippen LogP contribution in [0.2, 0.25) is 0 Å². The molecule has 1 atom stereocenters. The predicted octanol–water partition coefficient (Wildman–Crippen LogP) is 2.72. The third-order valence-electron chi connectivity index (χ3n) is 2.86. The Kier molecular flexibility index (Phi) is 5.16. The highest BCUT2D eigenvalue weighted by Crippen LogP contribution is 2.19. The zero-order chi connectivity index (χ0) is 12.8. The Balaban J connectivity index is 2.81. The minimum absolute atomic E-state index is 0.560. The highest BCUT2D eigenvalue weighted by molar-refractivity contribution is 5.75. The standard InChI is InChI=1S/C14H21NO2/c1-4-5-6-11-7-9-12(10-8-11)13(14(16)17)15(2)3/h7-10,13H,4-6H2,1-3H3,(H,16,17). The van der Waals surface area contributed by atoms with Crippen molar-refractivity contribution in [3.8, 4) is 0 Å². The van der Waals surface area contributed by atoms with E-state index in [1.165, 1.54) is 18.4 Å². The largest absolute Gasteiger partial charge is 0.480 e. The highest BCUT2D eigenvalue weighted by atomic mass is 16.4. The second-order valence-electron chi connectivity index (χ2n) is 4.55. The van der Waals surface area contributed by atoms with Gasteiger partial charge < -0.3 is 5.11 Å². The molecular formula is C14H21NO2. The van der Waals surface area contributed by atoms with Crippen LogP contribution in [-0.2, 0) is 11.2 Å². The molecule has 17 heavy (non-hydrogen) atoms. The zero-order valence-electron chi connectivity index (χ0n) is 10.8. The molecule has 0 saturated heterocycles. The van der Waals surface area contributed by atoms with Crippen LogP contribution in [0.3, 0.4) is 0 Å². The van der Waals surface area contributed by atoms with Crippen LogP contribution in [0.25, 0.3) is 0 Å². The number of carboxylic acid groups (broad SMARTS) is 1. The molecule has 1 unspecified atom stereocenters. The number of likely N-dealkylation sites (N-methyl/N-ethyl adjacent to an activating group) is 1. The van der Waals surface area contributed by atoms with Crippen molar-refractivity contribution in [2.75, 3.05) is 14.1 Å². The SMILES string of the molecule is CCCCc1ccc(C(C(=O)O)N(C)C)cc1. The van der Waals surface area contributed by atoms with Gasteiger partial charge in [-0.05, 0) is 38.1 Å². The second kappa shape index (κ2) is 6.40. The van der Waals surface area contributed by atoms with Gasteiger partial charge in [-0.1, -0.05) is 37.6 Å². The maximum Gasteiger partial charge on any atom is 0.325 e. The van der Waals surface area contributed by atoms with E-state index in [2.05, 4.69) is 6.92 Å². The number of carboxylic acids is 1. The first-order valence-corrected chi connectivity index (χ1v) is 6.04. The van der Waals surface area contributed by atoms with Gasteiger partial charge in [-0.3, -0.25) is 9.69 Å². The van der Waals surface area contributed by atoms with Crippen LogP contribution < -0.4 is 0 Å². The van der Waals surface area contributed by atoms with E-state index in [1.807, 2.05) is 24.3 Å². The lowest BCUT2D eigenvalue weighted by atomic mass is 10.0. The Labute approximate surface area is 103 Å². The summed E-state index contributed by atoms with van der Waals surface area (Å²) in [4.78, 5) is 12.9. The summed E-state index contributed by atoms with van der Waals surface area (Å²) in [6.45, 7) is 2.17. The minimum atomic E-state index is -0.809. The Bertz CT molecular complexity index is 357. The number of aliphatic carboxylic acids is 1. The molecule has 0 aliphatic heterocycles. The van der Waals surface area contributed by atoms with E-state index in [0.717, 1.165) is 12.0 Å². The molecule has 1 aromatic rings. The molecule has 94 valence electrons. The summed E-state index contributed by atoms with van der Waals surface area (Å²) in [6, 6.07) is 7.35. The quantitative estimate of drug-likeness (QED) is 0.824. The smallest absolute Gasteiger partial charge is 0.325 e. The summed E-state index contributed by atoms with van der Waals surface area (Å²) in [5.74, 6) is -0.809. The Morgan fingerprint density at radius 2 is 1.88 bits per heavy atom. The fraction of sp³-hybridized carbons (Fsp3) is 0.500. The number of rotatable bonds is 6. The van der Waals surface area contributed by atoms with Crippen LogP contribution in [0.5, 0.6) is 0 Å².